The van der Waals surface area contributed by atoms with E-state index < -0.39 is 5.41 Å². The number of carbonyl (C=O) groups is 1. The van der Waals surface area contributed by atoms with Crippen LogP contribution in [0.3, 0.4) is 0 Å². The van der Waals surface area contributed by atoms with Crippen molar-refractivity contribution in [2.45, 2.75) is 46.8 Å². The van der Waals surface area contributed by atoms with E-state index >= 15 is 0 Å². The number of carbonyl (C=O) groups excluding carboxylic acids is 1. The number of aliphatic imine (C=N–C) groups is 1. The van der Waals surface area contributed by atoms with Crippen LogP contribution < -0.4 is 10.6 Å². The molecule has 2 N–H and O–H groups in total. The molecule has 2 rings (SSSR count). The number of nitrogens with one attached hydrogen (secondary N) is 2. The molecule has 6 nitrogen and oxygen atoms in total. The number of halogens is 1. The Morgan fingerprint density at radius 1 is 1.21 bits per heavy atom. The third-order valence-corrected chi connectivity index (χ3v) is 4.71. The molecule has 28 heavy (non-hydrogen) atoms. The molecule has 2 atom stereocenters. The van der Waals surface area contributed by atoms with E-state index in [0.717, 1.165) is 18.1 Å². The Balaban J connectivity index is 2.16. The van der Waals surface area contributed by atoms with Crippen molar-refractivity contribution in [3.05, 3.63) is 35.6 Å². The third kappa shape index (κ3) is 5.92. The zero-order valence-electron chi connectivity index (χ0n) is 17.6. The normalized spacial score (nSPS) is 20.8. The van der Waals surface area contributed by atoms with Crippen molar-refractivity contribution in [3.8, 4) is 0 Å². The van der Waals surface area contributed by atoms with Crippen LogP contribution >= 0.6 is 0 Å². The number of benzene rings is 1. The van der Waals surface area contributed by atoms with E-state index in [0.29, 0.717) is 26.2 Å². The summed E-state index contributed by atoms with van der Waals surface area (Å²) >= 11 is 0. The molecule has 2 unspecified atom stereocenters. The van der Waals surface area contributed by atoms with Crippen molar-refractivity contribution in [1.82, 2.24) is 15.5 Å². The van der Waals surface area contributed by atoms with Crippen molar-refractivity contribution in [3.63, 3.8) is 0 Å². The third-order valence-electron chi connectivity index (χ3n) is 4.71. The maximum absolute atomic E-state index is 13.3. The van der Waals surface area contributed by atoms with Crippen LogP contribution in [0.25, 0.3) is 0 Å². The van der Waals surface area contributed by atoms with Gasteiger partial charge in [-0.05, 0) is 52.3 Å². The van der Waals surface area contributed by atoms with Crippen LogP contribution in [0, 0.1) is 11.2 Å². The molecule has 1 fully saturated rings. The Hall–Kier alpha value is -2.15. The second-order valence-electron chi connectivity index (χ2n) is 7.81. The molecule has 1 amide bonds. The van der Waals surface area contributed by atoms with Gasteiger partial charge in [0.05, 0.1) is 24.6 Å². The van der Waals surface area contributed by atoms with E-state index in [4.69, 9.17) is 9.73 Å². The number of hydrogen-bond donors (Lipinski definition) is 2. The SMILES string of the molecule is CCNC(=O)C(C)(C)CN=C(NCC)N1CC(C)OC(c2ccc(F)cc2)C1. The first-order valence-electron chi connectivity index (χ1n) is 9.99. The summed E-state index contributed by atoms with van der Waals surface area (Å²) in [5.74, 6) is 0.503. The molecule has 0 saturated carbocycles. The smallest absolute Gasteiger partial charge is 0.227 e. The summed E-state index contributed by atoms with van der Waals surface area (Å²) in [5.41, 5.74) is 0.349. The summed E-state index contributed by atoms with van der Waals surface area (Å²) in [5, 5.41) is 6.19. The van der Waals surface area contributed by atoms with E-state index in [9.17, 15) is 9.18 Å². The molecule has 0 spiro atoms. The van der Waals surface area contributed by atoms with Gasteiger partial charge in [0.1, 0.15) is 11.9 Å². The summed E-state index contributed by atoms with van der Waals surface area (Å²) in [6.45, 7) is 12.8. The highest BCUT2D eigenvalue weighted by Crippen LogP contribution is 2.26. The fraction of sp³-hybridized carbons (Fsp3) is 0.619. The van der Waals surface area contributed by atoms with Crippen LogP contribution in [0.1, 0.15) is 46.3 Å². The first-order chi connectivity index (χ1) is 13.3. The van der Waals surface area contributed by atoms with Gasteiger partial charge in [-0.2, -0.15) is 0 Å². The fourth-order valence-electron chi connectivity index (χ4n) is 3.16. The molecule has 1 aliphatic rings. The molecule has 0 aromatic heterocycles. The van der Waals surface area contributed by atoms with Crippen molar-refractivity contribution in [1.29, 1.82) is 0 Å². The lowest BCUT2D eigenvalue weighted by atomic mass is 9.92. The molecule has 0 bridgehead atoms. The van der Waals surface area contributed by atoms with Crippen LogP contribution in [0.4, 0.5) is 4.39 Å². The largest absolute Gasteiger partial charge is 0.367 e. The van der Waals surface area contributed by atoms with Gasteiger partial charge in [0.15, 0.2) is 5.96 Å². The summed E-state index contributed by atoms with van der Waals surface area (Å²) < 4.78 is 19.3. The van der Waals surface area contributed by atoms with Gasteiger partial charge >= 0.3 is 0 Å². The van der Waals surface area contributed by atoms with Crippen molar-refractivity contribution in [2.24, 2.45) is 10.4 Å². The van der Waals surface area contributed by atoms with Gasteiger partial charge < -0.3 is 20.3 Å². The van der Waals surface area contributed by atoms with Gasteiger partial charge in [0.25, 0.3) is 0 Å². The van der Waals surface area contributed by atoms with Gasteiger partial charge in [0.2, 0.25) is 5.91 Å². The standard InChI is InChI=1S/C21H33FN4O2/c1-6-23-19(27)21(4,5)14-25-20(24-7-2)26-12-15(3)28-18(13-26)16-8-10-17(22)11-9-16/h8-11,15,18H,6-7,12-14H2,1-5H3,(H,23,27)(H,24,25). The molecule has 1 aliphatic heterocycles. The molecule has 156 valence electrons. The Morgan fingerprint density at radius 2 is 1.86 bits per heavy atom. The first-order valence-corrected chi connectivity index (χ1v) is 9.99. The Morgan fingerprint density at radius 3 is 2.46 bits per heavy atom. The molecule has 0 radical (unpaired) electrons. The summed E-state index contributed by atoms with van der Waals surface area (Å²) in [6, 6.07) is 6.43. The number of rotatable bonds is 6. The highest BCUT2D eigenvalue weighted by Gasteiger charge is 2.30. The lowest BCUT2D eigenvalue weighted by molar-refractivity contribution is -0.128. The second kappa shape index (κ2) is 9.87. The number of hydrogen-bond acceptors (Lipinski definition) is 3. The van der Waals surface area contributed by atoms with E-state index in [-0.39, 0.29) is 23.9 Å². The van der Waals surface area contributed by atoms with E-state index in [1.165, 1.54) is 12.1 Å². The first kappa shape index (κ1) is 22.1. The number of nitrogens with zero attached hydrogens (tertiary/aromatic N) is 2. The van der Waals surface area contributed by atoms with Crippen LogP contribution in [0.5, 0.6) is 0 Å². The Kier molecular flexibility index (Phi) is 7.80. The zero-order valence-corrected chi connectivity index (χ0v) is 17.6. The van der Waals surface area contributed by atoms with E-state index in [1.54, 1.807) is 12.1 Å². The van der Waals surface area contributed by atoms with Crippen LogP contribution in [0.15, 0.2) is 29.3 Å². The lowest BCUT2D eigenvalue weighted by Gasteiger charge is -2.39. The number of guanidine groups is 1. The van der Waals surface area contributed by atoms with E-state index in [2.05, 4.69) is 15.5 Å². The monoisotopic (exact) mass is 392 g/mol. The average Bonchev–Trinajstić information content (AvgIpc) is 2.65. The van der Waals surface area contributed by atoms with Crippen molar-refractivity contribution < 1.29 is 13.9 Å². The van der Waals surface area contributed by atoms with Gasteiger partial charge in [-0.15, -0.1) is 0 Å². The number of ether oxygens (including phenoxy) is 1. The van der Waals surface area contributed by atoms with Crippen LogP contribution in [-0.4, -0.2) is 55.6 Å². The summed E-state index contributed by atoms with van der Waals surface area (Å²) in [4.78, 5) is 19.2. The minimum absolute atomic E-state index is 0.00376. The molecular weight excluding hydrogens is 359 g/mol. The lowest BCUT2D eigenvalue weighted by Crippen LogP contribution is -2.51. The molecule has 1 heterocycles. The molecule has 1 aromatic rings. The summed E-state index contributed by atoms with van der Waals surface area (Å²) in [6.07, 6.45) is -0.159. The van der Waals surface area contributed by atoms with Crippen molar-refractivity contribution >= 4 is 11.9 Å². The summed E-state index contributed by atoms with van der Waals surface area (Å²) in [7, 11) is 0. The number of amides is 1. The van der Waals surface area contributed by atoms with Crippen LogP contribution in [0.2, 0.25) is 0 Å². The Labute approximate surface area is 167 Å². The maximum atomic E-state index is 13.3. The number of morpholine rings is 1. The van der Waals surface area contributed by atoms with Gasteiger partial charge in [-0.25, -0.2) is 4.39 Å². The topological polar surface area (TPSA) is 66.0 Å². The minimum Gasteiger partial charge on any atom is -0.367 e. The predicted octanol–water partition coefficient (Wildman–Crippen LogP) is 2.72. The zero-order chi connectivity index (χ0) is 20.7. The van der Waals surface area contributed by atoms with Gasteiger partial charge in [-0.3, -0.25) is 9.79 Å². The second-order valence-corrected chi connectivity index (χ2v) is 7.81. The molecular formula is C21H33FN4O2. The quantitative estimate of drug-likeness (QED) is 0.577. The average molecular weight is 393 g/mol. The highest BCUT2D eigenvalue weighted by molar-refractivity contribution is 5.83. The molecule has 1 aromatic carbocycles. The van der Waals surface area contributed by atoms with Gasteiger partial charge in [-0.1, -0.05) is 12.1 Å². The van der Waals surface area contributed by atoms with Crippen molar-refractivity contribution in [2.75, 3.05) is 32.7 Å². The fourth-order valence-corrected chi connectivity index (χ4v) is 3.16. The minimum atomic E-state index is -0.592. The highest BCUT2D eigenvalue weighted by atomic mass is 19.1. The van der Waals surface area contributed by atoms with Gasteiger partial charge in [0, 0.05) is 19.6 Å². The maximum Gasteiger partial charge on any atom is 0.227 e. The van der Waals surface area contributed by atoms with E-state index in [1.807, 2.05) is 34.6 Å². The predicted molar refractivity (Wildman–Crippen MR) is 110 cm³/mol. The molecule has 1 saturated heterocycles. The molecule has 7 heteroatoms. The Bertz CT molecular complexity index is 675. The van der Waals surface area contributed by atoms with Crippen LogP contribution in [-0.2, 0) is 9.53 Å². The molecule has 0 aliphatic carbocycles.